The lowest BCUT2D eigenvalue weighted by molar-refractivity contribution is 0.0696. The molecule has 0 amide bonds. The van der Waals surface area contributed by atoms with E-state index in [1.54, 1.807) is 18.2 Å². The van der Waals surface area contributed by atoms with Crippen LogP contribution in [-0.2, 0) is 6.54 Å². The summed E-state index contributed by atoms with van der Waals surface area (Å²) in [6.45, 7) is 7.82. The maximum absolute atomic E-state index is 11.1. The summed E-state index contributed by atoms with van der Waals surface area (Å²) in [5, 5.41) is 12.6. The number of hydrogen-bond acceptors (Lipinski definition) is 3. The zero-order valence-electron chi connectivity index (χ0n) is 14.4. The molecule has 2 rings (SSSR count). The van der Waals surface area contributed by atoms with Gasteiger partial charge in [0, 0.05) is 19.1 Å². The van der Waals surface area contributed by atoms with Crippen LogP contribution in [0.15, 0.2) is 54.6 Å². The molecule has 2 aromatic carbocycles. The molecule has 2 N–H and O–H groups in total. The summed E-state index contributed by atoms with van der Waals surface area (Å²) in [4.78, 5) is 13.5. The first-order valence-electron chi connectivity index (χ1n) is 8.47. The Morgan fingerprint density at radius 3 is 2.42 bits per heavy atom. The molecule has 0 heterocycles. The van der Waals surface area contributed by atoms with Crippen molar-refractivity contribution >= 4 is 5.97 Å². The van der Waals surface area contributed by atoms with Crippen LogP contribution in [0.1, 0.15) is 41.4 Å². The van der Waals surface area contributed by atoms with Crippen molar-refractivity contribution in [3.63, 3.8) is 0 Å². The molecule has 0 aliphatic heterocycles. The number of carbonyl (C=O) groups is 1. The molecule has 0 saturated carbocycles. The van der Waals surface area contributed by atoms with Crippen LogP contribution in [0.4, 0.5) is 0 Å². The molecule has 1 unspecified atom stereocenters. The highest BCUT2D eigenvalue weighted by molar-refractivity contribution is 5.87. The van der Waals surface area contributed by atoms with Gasteiger partial charge in [-0.1, -0.05) is 56.3 Å². The van der Waals surface area contributed by atoms with Crippen LogP contribution in [0.5, 0.6) is 0 Å². The van der Waals surface area contributed by atoms with Crippen molar-refractivity contribution < 1.29 is 9.90 Å². The Balaban J connectivity index is 2.03. The van der Waals surface area contributed by atoms with Crippen molar-refractivity contribution in [1.82, 2.24) is 10.2 Å². The molecule has 0 radical (unpaired) electrons. The number of carboxylic acids is 1. The van der Waals surface area contributed by atoms with Crippen molar-refractivity contribution in [2.45, 2.75) is 26.4 Å². The monoisotopic (exact) mass is 326 g/mol. The highest BCUT2D eigenvalue weighted by Gasteiger charge is 2.17. The number of nitrogens with one attached hydrogen (secondary N) is 1. The molecule has 0 bridgehead atoms. The third kappa shape index (κ3) is 4.91. The fourth-order valence-electron chi connectivity index (χ4n) is 2.96. The third-order valence-electron chi connectivity index (χ3n) is 4.28. The summed E-state index contributed by atoms with van der Waals surface area (Å²) in [5.74, 6) is -0.887. The van der Waals surface area contributed by atoms with E-state index in [9.17, 15) is 4.79 Å². The number of nitrogens with zero attached hydrogens (tertiary/aromatic N) is 1. The number of hydrogen-bond donors (Lipinski definition) is 2. The minimum atomic E-state index is -0.887. The Bertz CT molecular complexity index is 639. The lowest BCUT2D eigenvalue weighted by atomic mass is 10.0. The molecule has 4 heteroatoms. The van der Waals surface area contributed by atoms with E-state index in [1.165, 1.54) is 5.56 Å². The van der Waals surface area contributed by atoms with E-state index in [1.807, 2.05) is 12.1 Å². The van der Waals surface area contributed by atoms with E-state index >= 15 is 0 Å². The minimum Gasteiger partial charge on any atom is -0.478 e. The fraction of sp³-hybridized carbons (Fsp3) is 0.350. The van der Waals surface area contributed by atoms with E-state index in [-0.39, 0.29) is 0 Å². The van der Waals surface area contributed by atoms with Gasteiger partial charge in [-0.3, -0.25) is 4.90 Å². The average molecular weight is 326 g/mol. The first-order chi connectivity index (χ1) is 11.7. The van der Waals surface area contributed by atoms with Crippen molar-refractivity contribution in [1.29, 1.82) is 0 Å². The minimum absolute atomic E-state index is 0.309. The molecule has 0 aromatic heterocycles. The van der Waals surface area contributed by atoms with Crippen LogP contribution in [0.25, 0.3) is 0 Å². The van der Waals surface area contributed by atoms with E-state index in [0.29, 0.717) is 18.2 Å². The Labute approximate surface area is 144 Å². The van der Waals surface area contributed by atoms with Crippen LogP contribution in [0.2, 0.25) is 0 Å². The highest BCUT2D eigenvalue weighted by Crippen LogP contribution is 2.19. The van der Waals surface area contributed by atoms with Crippen molar-refractivity contribution in [2.75, 3.05) is 19.6 Å². The van der Waals surface area contributed by atoms with Gasteiger partial charge in [0.25, 0.3) is 0 Å². The molecule has 4 nitrogen and oxygen atoms in total. The maximum Gasteiger partial charge on any atom is 0.335 e. The van der Waals surface area contributed by atoms with Crippen molar-refractivity contribution in [3.8, 4) is 0 Å². The Morgan fingerprint density at radius 2 is 1.79 bits per heavy atom. The summed E-state index contributed by atoms with van der Waals surface area (Å²) in [6, 6.07) is 17.9. The number of benzene rings is 2. The first kappa shape index (κ1) is 18.2. The predicted octanol–water partition coefficient (Wildman–Crippen LogP) is 3.56. The third-order valence-corrected chi connectivity index (χ3v) is 4.28. The first-order valence-corrected chi connectivity index (χ1v) is 8.47. The van der Waals surface area contributed by atoms with Crippen LogP contribution in [0.3, 0.4) is 0 Å². The van der Waals surface area contributed by atoms with Gasteiger partial charge in [-0.05, 0) is 36.3 Å². The highest BCUT2D eigenvalue weighted by atomic mass is 16.4. The lowest BCUT2D eigenvalue weighted by Crippen LogP contribution is -2.35. The maximum atomic E-state index is 11.1. The van der Waals surface area contributed by atoms with Crippen LogP contribution in [-0.4, -0.2) is 35.6 Å². The average Bonchev–Trinajstić information content (AvgIpc) is 2.62. The quantitative estimate of drug-likeness (QED) is 0.740. The smallest absolute Gasteiger partial charge is 0.335 e. The summed E-state index contributed by atoms with van der Waals surface area (Å²) < 4.78 is 0. The van der Waals surface area contributed by atoms with Gasteiger partial charge in [0.15, 0.2) is 0 Å². The van der Waals surface area contributed by atoms with E-state index in [2.05, 4.69) is 48.3 Å². The summed E-state index contributed by atoms with van der Waals surface area (Å²) in [6.07, 6.45) is 0. The molecular formula is C20H26N2O2. The van der Waals surface area contributed by atoms with Crippen molar-refractivity contribution in [2.24, 2.45) is 0 Å². The van der Waals surface area contributed by atoms with Crippen LogP contribution in [0, 0.1) is 0 Å². The van der Waals surface area contributed by atoms with E-state index in [4.69, 9.17) is 5.11 Å². The molecule has 24 heavy (non-hydrogen) atoms. The summed E-state index contributed by atoms with van der Waals surface area (Å²) in [5.41, 5.74) is 2.62. The molecule has 0 spiro atoms. The molecule has 1 atom stereocenters. The van der Waals surface area contributed by atoms with E-state index < -0.39 is 5.97 Å². The molecular weight excluding hydrogens is 300 g/mol. The van der Waals surface area contributed by atoms with Crippen molar-refractivity contribution in [3.05, 3.63) is 71.3 Å². The Hall–Kier alpha value is -2.17. The van der Waals surface area contributed by atoms with Gasteiger partial charge in [-0.2, -0.15) is 0 Å². The summed E-state index contributed by atoms with van der Waals surface area (Å²) >= 11 is 0. The van der Waals surface area contributed by atoms with Crippen LogP contribution < -0.4 is 5.32 Å². The second kappa shape index (κ2) is 9.21. The number of rotatable bonds is 9. The number of carboxylic acid groups (broad SMARTS) is 1. The predicted molar refractivity (Wildman–Crippen MR) is 97.2 cm³/mol. The van der Waals surface area contributed by atoms with Gasteiger partial charge in [-0.15, -0.1) is 0 Å². The zero-order valence-corrected chi connectivity index (χ0v) is 14.4. The molecule has 0 aliphatic rings. The normalized spacial score (nSPS) is 12.3. The standard InChI is InChI=1S/C20H26N2O2/c1-3-22(4-2)19(17-10-6-5-7-11-17)15-21-14-16-9-8-12-18(13-16)20(23)24/h5-13,19,21H,3-4,14-15H2,1-2H3,(H,23,24). The Morgan fingerprint density at radius 1 is 1.08 bits per heavy atom. The zero-order chi connectivity index (χ0) is 17.4. The largest absolute Gasteiger partial charge is 0.478 e. The number of likely N-dealkylation sites (N-methyl/N-ethyl adjacent to an activating group) is 1. The molecule has 2 aromatic rings. The van der Waals surface area contributed by atoms with Gasteiger partial charge in [-0.25, -0.2) is 4.79 Å². The van der Waals surface area contributed by atoms with Crippen LogP contribution >= 0.6 is 0 Å². The fourth-order valence-corrected chi connectivity index (χ4v) is 2.96. The molecule has 0 saturated heterocycles. The molecule has 0 aliphatic carbocycles. The Kier molecular flexibility index (Phi) is 6.97. The van der Waals surface area contributed by atoms with Gasteiger partial charge >= 0.3 is 5.97 Å². The van der Waals surface area contributed by atoms with Gasteiger partial charge < -0.3 is 10.4 Å². The number of aromatic carboxylic acids is 1. The lowest BCUT2D eigenvalue weighted by Gasteiger charge is -2.30. The second-order valence-electron chi connectivity index (χ2n) is 5.78. The molecule has 128 valence electrons. The second-order valence-corrected chi connectivity index (χ2v) is 5.78. The topological polar surface area (TPSA) is 52.6 Å². The summed E-state index contributed by atoms with van der Waals surface area (Å²) in [7, 11) is 0. The SMILES string of the molecule is CCN(CC)C(CNCc1cccc(C(=O)O)c1)c1ccccc1. The van der Waals surface area contributed by atoms with Gasteiger partial charge in [0.05, 0.1) is 5.56 Å². The molecule has 0 fully saturated rings. The van der Waals surface area contributed by atoms with E-state index in [0.717, 1.165) is 25.2 Å². The van der Waals surface area contributed by atoms with Gasteiger partial charge in [0.2, 0.25) is 0 Å². The van der Waals surface area contributed by atoms with Gasteiger partial charge in [0.1, 0.15) is 0 Å².